The van der Waals surface area contributed by atoms with Crippen LogP contribution in [0.15, 0.2) is 152 Å². The van der Waals surface area contributed by atoms with E-state index in [1.165, 1.54) is 44.5 Å². The molecule has 6 heteroatoms. The van der Waals surface area contributed by atoms with Gasteiger partial charge >= 0.3 is 0 Å². The monoisotopic (exact) mass is 1180 g/mol. The number of fused-ring (bicyclic) bond motifs is 6. The summed E-state index contributed by atoms with van der Waals surface area (Å²) in [5, 5.41) is 12.7. The number of para-hydroxylation sites is 1. The van der Waals surface area contributed by atoms with Crippen molar-refractivity contribution in [1.82, 2.24) is 19.1 Å². The normalized spacial score (nSPS) is 12.9. The maximum absolute atomic E-state index is 12.7. The number of imidazole rings is 2. The number of aromatic nitrogens is 4. The van der Waals surface area contributed by atoms with Crippen molar-refractivity contribution in [2.45, 2.75) is 131 Å². The van der Waals surface area contributed by atoms with Crippen LogP contribution in [-0.4, -0.2) is 24.2 Å². The van der Waals surface area contributed by atoms with Crippen molar-refractivity contribution in [3.05, 3.63) is 191 Å². The zero-order valence-corrected chi connectivity index (χ0v) is 49.0. The van der Waals surface area contributed by atoms with Gasteiger partial charge in [0.2, 0.25) is 0 Å². The van der Waals surface area contributed by atoms with E-state index in [4.69, 9.17) is 9.97 Å². The van der Waals surface area contributed by atoms with Crippen molar-refractivity contribution in [1.29, 1.82) is 0 Å². The largest absolute Gasteiger partial charge is 0.507 e. The van der Waals surface area contributed by atoms with Crippen LogP contribution in [0.25, 0.3) is 95.0 Å². The average molecular weight is 1180 g/mol. The summed E-state index contributed by atoms with van der Waals surface area (Å²) in [6.07, 6.45) is 0.882. The summed E-state index contributed by atoms with van der Waals surface area (Å²) >= 11 is 0. The minimum absolute atomic E-state index is 0. The summed E-state index contributed by atoms with van der Waals surface area (Å²) in [4.78, 5) is 11.3. The SMILES string of the molecule is CC(C)c1cc(-c2cccc3c2nc(-c2cc(C(C)(C)C)cc(C(C)(C)C)c2O)n3-c2ccc(C(C)(C)C)cc2-c2ccccc2)[c-]c(-c2nc3ccc4c(c3n2C(C)(C)C)-c2ccc(-c3ccccc3)cc2C4)c1.[Pt]. The Morgan fingerprint density at radius 3 is 1.83 bits per heavy atom. The third-order valence-electron chi connectivity index (χ3n) is 15.4. The predicted octanol–water partition coefficient (Wildman–Crippen LogP) is 18.6. The van der Waals surface area contributed by atoms with Gasteiger partial charge in [0.05, 0.1) is 39.1 Å². The van der Waals surface area contributed by atoms with Crippen molar-refractivity contribution in [3.8, 4) is 78.7 Å². The summed E-state index contributed by atoms with van der Waals surface area (Å²) in [7, 11) is 0. The van der Waals surface area contributed by atoms with E-state index in [9.17, 15) is 5.11 Å². The molecule has 8 aromatic carbocycles. The summed E-state index contributed by atoms with van der Waals surface area (Å²) in [6.45, 7) is 31.5. The fourth-order valence-electron chi connectivity index (χ4n) is 11.3. The number of hydrogen-bond acceptors (Lipinski definition) is 3. The molecule has 388 valence electrons. The maximum Gasteiger partial charge on any atom is 0.148 e. The molecule has 0 aliphatic heterocycles. The van der Waals surface area contributed by atoms with Gasteiger partial charge in [-0.2, -0.15) is 0 Å². The second kappa shape index (κ2) is 19.0. The molecule has 0 amide bonds. The maximum atomic E-state index is 12.7. The van der Waals surface area contributed by atoms with Crippen molar-refractivity contribution in [2.75, 3.05) is 0 Å². The molecule has 5 nitrogen and oxygen atoms in total. The van der Waals surface area contributed by atoms with Crippen LogP contribution in [0.2, 0.25) is 0 Å². The number of rotatable bonds is 7. The van der Waals surface area contributed by atoms with Gasteiger partial charge in [0.15, 0.2) is 0 Å². The fourth-order valence-corrected chi connectivity index (χ4v) is 11.3. The van der Waals surface area contributed by atoms with Crippen LogP contribution in [0.3, 0.4) is 0 Å². The predicted molar refractivity (Wildman–Crippen MR) is 315 cm³/mol. The Labute approximate surface area is 465 Å². The van der Waals surface area contributed by atoms with E-state index in [0.29, 0.717) is 11.4 Å². The Morgan fingerprint density at radius 2 is 1.18 bits per heavy atom. The molecular formula is C70H71N4OPt-. The van der Waals surface area contributed by atoms with Gasteiger partial charge in [-0.15, -0.1) is 29.3 Å². The molecule has 76 heavy (non-hydrogen) atoms. The first-order valence-electron chi connectivity index (χ1n) is 26.9. The molecule has 0 unspecified atom stereocenters. The first-order valence-corrected chi connectivity index (χ1v) is 26.9. The van der Waals surface area contributed by atoms with Gasteiger partial charge in [0, 0.05) is 43.3 Å². The summed E-state index contributed by atoms with van der Waals surface area (Å²) in [5.41, 5.74) is 21.9. The van der Waals surface area contributed by atoms with E-state index in [1.54, 1.807) is 0 Å². The van der Waals surface area contributed by atoms with Crippen LogP contribution >= 0.6 is 0 Å². The molecule has 0 fully saturated rings. The third kappa shape index (κ3) is 9.27. The van der Waals surface area contributed by atoms with Gasteiger partial charge in [-0.05, 0) is 124 Å². The number of benzene rings is 8. The smallest absolute Gasteiger partial charge is 0.148 e. The van der Waals surface area contributed by atoms with Crippen molar-refractivity contribution >= 4 is 22.1 Å². The zero-order valence-electron chi connectivity index (χ0n) is 46.8. The molecule has 0 saturated heterocycles. The van der Waals surface area contributed by atoms with Crippen LogP contribution < -0.4 is 0 Å². The molecule has 2 aromatic heterocycles. The Morgan fingerprint density at radius 1 is 0.526 bits per heavy atom. The molecule has 1 aliphatic carbocycles. The summed E-state index contributed by atoms with van der Waals surface area (Å²) in [5.74, 6) is 2.05. The van der Waals surface area contributed by atoms with Gasteiger partial charge in [0.25, 0.3) is 0 Å². The van der Waals surface area contributed by atoms with Gasteiger partial charge in [0.1, 0.15) is 11.6 Å². The Bertz CT molecular complexity index is 3860. The van der Waals surface area contributed by atoms with Gasteiger partial charge < -0.3 is 9.67 Å². The number of nitrogens with zero attached hydrogens (tertiary/aromatic N) is 4. The molecular weight excluding hydrogens is 1110 g/mol. The number of phenols is 1. The quantitative estimate of drug-likeness (QED) is 0.162. The number of phenolic OH excluding ortho intramolecular Hbond substituents is 1. The number of aromatic hydroxyl groups is 1. The van der Waals surface area contributed by atoms with E-state index >= 15 is 0 Å². The molecule has 1 N–H and O–H groups in total. The van der Waals surface area contributed by atoms with E-state index in [1.807, 2.05) is 0 Å². The second-order valence-electron chi connectivity index (χ2n) is 25.4. The Kier molecular flexibility index (Phi) is 13.2. The molecule has 0 bridgehead atoms. The van der Waals surface area contributed by atoms with E-state index in [0.717, 1.165) is 78.9 Å². The molecule has 1 aliphatic rings. The van der Waals surface area contributed by atoms with Crippen LogP contribution in [0, 0.1) is 6.07 Å². The summed E-state index contributed by atoms with van der Waals surface area (Å²) in [6, 6.07) is 59.2. The zero-order chi connectivity index (χ0) is 53.1. The van der Waals surface area contributed by atoms with Crippen molar-refractivity contribution in [2.24, 2.45) is 0 Å². The minimum atomic E-state index is -0.340. The van der Waals surface area contributed by atoms with Crippen LogP contribution in [0.5, 0.6) is 5.75 Å². The topological polar surface area (TPSA) is 55.9 Å². The van der Waals surface area contributed by atoms with Crippen LogP contribution in [0.4, 0.5) is 0 Å². The fraction of sp³-hybridized carbons (Fsp3) is 0.286. The van der Waals surface area contributed by atoms with Gasteiger partial charge in [-0.1, -0.05) is 196 Å². The Balaban J connectivity index is 0.00000657. The van der Waals surface area contributed by atoms with Gasteiger partial charge in [-0.25, -0.2) is 4.98 Å². The molecule has 2 heterocycles. The second-order valence-corrected chi connectivity index (χ2v) is 25.4. The molecule has 0 radical (unpaired) electrons. The minimum Gasteiger partial charge on any atom is -0.507 e. The molecule has 0 atom stereocenters. The van der Waals surface area contributed by atoms with Gasteiger partial charge in [-0.3, -0.25) is 9.55 Å². The standard InChI is InChI=1S/C70H71N4O.Pt/c1-42(2)47-36-49(38-50(37-47)65-71-58-32-29-46-35-48-34-45(43-22-17-15-18-23-43)28-31-53(48)61(46)63(58)74(65)70(12,13)14)54-26-21-27-60-62(54)72-66(56-40-52(68(6,7)8)41-57(64(56)75)69(9,10)11)73(60)59-33-30-51(67(3,4)5)39-55(59)44-24-19-16-20-25-44;/h15-34,36-37,39-42,75H,35H2,1-14H3;/q-1;. The molecule has 0 spiro atoms. The first kappa shape index (κ1) is 52.6. The van der Waals surface area contributed by atoms with E-state index in [2.05, 4.69) is 264 Å². The Hall–Kier alpha value is -6.81. The molecule has 10 aromatic rings. The van der Waals surface area contributed by atoms with E-state index < -0.39 is 0 Å². The van der Waals surface area contributed by atoms with E-state index in [-0.39, 0.29) is 54.5 Å². The first-order chi connectivity index (χ1) is 35.5. The summed E-state index contributed by atoms with van der Waals surface area (Å²) < 4.78 is 4.77. The average Bonchev–Trinajstić information content (AvgIpc) is 4.08. The van der Waals surface area contributed by atoms with Crippen LogP contribution in [0.1, 0.15) is 136 Å². The molecule has 0 saturated carbocycles. The van der Waals surface area contributed by atoms with Crippen molar-refractivity contribution < 1.29 is 26.2 Å². The molecule has 11 rings (SSSR count). The third-order valence-corrected chi connectivity index (χ3v) is 15.4. The van der Waals surface area contributed by atoms with Crippen LogP contribution in [-0.2, 0) is 49.3 Å². The number of hydrogen-bond donors (Lipinski definition) is 1. The van der Waals surface area contributed by atoms with Crippen molar-refractivity contribution in [3.63, 3.8) is 0 Å².